The smallest absolute Gasteiger partial charge is 0.387 e. The van der Waals surface area contributed by atoms with Crippen LogP contribution in [0.15, 0.2) is 47.5 Å². The number of benzene rings is 2. The summed E-state index contributed by atoms with van der Waals surface area (Å²) in [5, 5.41) is 3.32. The van der Waals surface area contributed by atoms with Crippen LogP contribution in [0.2, 0.25) is 5.02 Å². The monoisotopic (exact) mass is 467 g/mol. The summed E-state index contributed by atoms with van der Waals surface area (Å²) in [7, 11) is 0. The lowest BCUT2D eigenvalue weighted by atomic mass is 10.2. The van der Waals surface area contributed by atoms with Crippen LogP contribution in [0, 0.1) is 6.92 Å². The number of aliphatic imine (C=N–C) groups is 1. The first-order valence-corrected chi connectivity index (χ1v) is 7.18. The molecule has 24 heavy (non-hydrogen) atoms. The minimum Gasteiger partial charge on any atom is -0.434 e. The molecule has 0 spiro atoms. The van der Waals surface area contributed by atoms with Gasteiger partial charge in [-0.2, -0.15) is 8.78 Å². The number of ether oxygens (including phenoxy) is 1. The first-order valence-electron chi connectivity index (χ1n) is 6.81. The van der Waals surface area contributed by atoms with E-state index in [4.69, 9.17) is 17.3 Å². The first kappa shape index (κ1) is 20.4. The van der Waals surface area contributed by atoms with Gasteiger partial charge in [-0.05, 0) is 37.3 Å². The summed E-state index contributed by atoms with van der Waals surface area (Å²) >= 11 is 5.87. The van der Waals surface area contributed by atoms with Crippen molar-refractivity contribution in [2.24, 2.45) is 10.7 Å². The van der Waals surface area contributed by atoms with E-state index in [2.05, 4.69) is 15.0 Å². The van der Waals surface area contributed by atoms with Gasteiger partial charge in [0.05, 0.1) is 6.54 Å². The van der Waals surface area contributed by atoms with Crippen molar-refractivity contribution in [3.8, 4) is 5.75 Å². The molecule has 0 radical (unpaired) electrons. The van der Waals surface area contributed by atoms with Crippen molar-refractivity contribution in [3.63, 3.8) is 0 Å². The topological polar surface area (TPSA) is 59.6 Å². The predicted molar refractivity (Wildman–Crippen MR) is 104 cm³/mol. The van der Waals surface area contributed by atoms with Gasteiger partial charge in [0, 0.05) is 16.3 Å². The molecule has 2 aromatic rings. The third kappa shape index (κ3) is 6.48. The molecule has 0 fully saturated rings. The molecule has 0 heterocycles. The highest BCUT2D eigenvalue weighted by atomic mass is 127. The van der Waals surface area contributed by atoms with Crippen molar-refractivity contribution in [3.05, 3.63) is 58.6 Å². The first-order chi connectivity index (χ1) is 10.9. The van der Waals surface area contributed by atoms with E-state index in [1.165, 1.54) is 18.2 Å². The number of halogens is 4. The zero-order valence-electron chi connectivity index (χ0n) is 12.8. The van der Waals surface area contributed by atoms with Crippen LogP contribution in [0.3, 0.4) is 0 Å². The Kier molecular flexibility index (Phi) is 8.20. The zero-order valence-corrected chi connectivity index (χ0v) is 15.9. The van der Waals surface area contributed by atoms with Crippen molar-refractivity contribution in [1.29, 1.82) is 0 Å². The van der Waals surface area contributed by atoms with Gasteiger partial charge in [0.2, 0.25) is 0 Å². The molecule has 0 amide bonds. The van der Waals surface area contributed by atoms with Gasteiger partial charge in [-0.25, -0.2) is 4.99 Å². The number of aryl methyl sites for hydroxylation is 1. The Hall–Kier alpha value is -1.61. The number of nitrogens with two attached hydrogens (primary N) is 1. The minimum absolute atomic E-state index is 0. The second kappa shape index (κ2) is 9.63. The summed E-state index contributed by atoms with van der Waals surface area (Å²) in [5.74, 6) is 0.188. The van der Waals surface area contributed by atoms with Crippen molar-refractivity contribution in [2.75, 3.05) is 5.32 Å². The van der Waals surface area contributed by atoms with Crippen LogP contribution < -0.4 is 15.8 Å². The van der Waals surface area contributed by atoms with Gasteiger partial charge in [-0.15, -0.1) is 24.0 Å². The summed E-state index contributed by atoms with van der Waals surface area (Å²) in [4.78, 5) is 4.12. The van der Waals surface area contributed by atoms with E-state index in [1.807, 2.05) is 31.2 Å². The Labute approximate surface area is 161 Å². The van der Waals surface area contributed by atoms with E-state index in [9.17, 15) is 8.78 Å². The maximum atomic E-state index is 12.4. The molecule has 0 saturated carbocycles. The molecule has 4 nitrogen and oxygen atoms in total. The lowest BCUT2D eigenvalue weighted by molar-refractivity contribution is -0.0504. The highest BCUT2D eigenvalue weighted by molar-refractivity contribution is 14.0. The van der Waals surface area contributed by atoms with Crippen LogP contribution >= 0.6 is 35.6 Å². The molecule has 0 aliphatic rings. The number of alkyl halides is 2. The largest absolute Gasteiger partial charge is 0.434 e. The molecule has 2 rings (SSSR count). The highest BCUT2D eigenvalue weighted by Gasteiger charge is 2.10. The molecule has 130 valence electrons. The lowest BCUT2D eigenvalue weighted by Gasteiger charge is -2.10. The van der Waals surface area contributed by atoms with Gasteiger partial charge < -0.3 is 15.8 Å². The molecule has 0 bridgehead atoms. The number of nitrogens with zero attached hydrogens (tertiary/aromatic N) is 1. The number of rotatable bonds is 5. The van der Waals surface area contributed by atoms with Crippen molar-refractivity contribution < 1.29 is 13.5 Å². The fraction of sp³-hybridized carbons (Fsp3) is 0.188. The molecule has 0 aromatic heterocycles. The lowest BCUT2D eigenvalue weighted by Crippen LogP contribution is -2.22. The summed E-state index contributed by atoms with van der Waals surface area (Å²) < 4.78 is 29.2. The Balaban J connectivity index is 0.00000288. The maximum absolute atomic E-state index is 12.4. The number of hydrogen-bond acceptors (Lipinski definition) is 2. The van der Waals surface area contributed by atoms with E-state index in [0.717, 1.165) is 11.3 Å². The maximum Gasteiger partial charge on any atom is 0.387 e. The van der Waals surface area contributed by atoms with Gasteiger partial charge in [-0.3, -0.25) is 0 Å². The van der Waals surface area contributed by atoms with E-state index in [-0.39, 0.29) is 42.2 Å². The second-order valence-corrected chi connectivity index (χ2v) is 5.26. The molecular formula is C16H17ClF2IN3O. The van der Waals surface area contributed by atoms with Crippen molar-refractivity contribution in [1.82, 2.24) is 0 Å². The SMILES string of the molecule is Cc1ccc(NC(N)=NCc2cc(Cl)ccc2OC(F)F)cc1.I. The minimum atomic E-state index is -2.91. The Bertz CT molecular complexity index is 696. The van der Waals surface area contributed by atoms with Crippen LogP contribution in [-0.2, 0) is 6.54 Å². The normalized spacial score (nSPS) is 11.1. The van der Waals surface area contributed by atoms with Crippen LogP contribution in [-0.4, -0.2) is 12.6 Å². The Morgan fingerprint density at radius 2 is 1.92 bits per heavy atom. The number of guanidine groups is 1. The van der Waals surface area contributed by atoms with E-state index < -0.39 is 6.61 Å². The number of anilines is 1. The van der Waals surface area contributed by atoms with Gasteiger partial charge in [0.1, 0.15) is 5.75 Å². The second-order valence-electron chi connectivity index (χ2n) is 4.82. The summed E-state index contributed by atoms with van der Waals surface area (Å²) in [6.07, 6.45) is 0. The zero-order chi connectivity index (χ0) is 16.8. The fourth-order valence-electron chi connectivity index (χ4n) is 1.88. The van der Waals surface area contributed by atoms with Gasteiger partial charge in [0.25, 0.3) is 0 Å². The van der Waals surface area contributed by atoms with E-state index in [1.54, 1.807) is 0 Å². The molecule has 0 saturated heterocycles. The highest BCUT2D eigenvalue weighted by Crippen LogP contribution is 2.25. The molecule has 3 N–H and O–H groups in total. The molecule has 0 aliphatic heterocycles. The number of nitrogens with one attached hydrogen (secondary N) is 1. The molecule has 8 heteroatoms. The molecule has 0 atom stereocenters. The van der Waals surface area contributed by atoms with Crippen molar-refractivity contribution >= 4 is 47.2 Å². The standard InChI is InChI=1S/C16H16ClF2N3O.HI/c1-10-2-5-13(6-3-10)22-16(20)21-9-11-8-12(17)4-7-14(11)23-15(18)19;/h2-8,15H,9H2,1H3,(H3,20,21,22);1H. The quantitative estimate of drug-likeness (QED) is 0.377. The van der Waals surface area contributed by atoms with Gasteiger partial charge >= 0.3 is 6.61 Å². The molecule has 2 aromatic carbocycles. The van der Waals surface area contributed by atoms with Gasteiger partial charge in [0.15, 0.2) is 5.96 Å². The van der Waals surface area contributed by atoms with Crippen LogP contribution in [0.1, 0.15) is 11.1 Å². The van der Waals surface area contributed by atoms with Crippen LogP contribution in [0.4, 0.5) is 14.5 Å². The fourth-order valence-corrected chi connectivity index (χ4v) is 2.07. The number of hydrogen-bond donors (Lipinski definition) is 2. The predicted octanol–water partition coefficient (Wildman–Crippen LogP) is 4.79. The molecular weight excluding hydrogens is 451 g/mol. The third-order valence-corrected chi connectivity index (χ3v) is 3.22. The van der Waals surface area contributed by atoms with E-state index >= 15 is 0 Å². The van der Waals surface area contributed by atoms with Crippen LogP contribution in [0.25, 0.3) is 0 Å². The molecule has 0 unspecified atom stereocenters. The summed E-state index contributed by atoms with van der Waals surface area (Å²) in [6, 6.07) is 12.0. The Morgan fingerprint density at radius 3 is 2.54 bits per heavy atom. The van der Waals surface area contributed by atoms with Crippen molar-refractivity contribution in [2.45, 2.75) is 20.1 Å². The molecule has 0 aliphatic carbocycles. The average molecular weight is 468 g/mol. The van der Waals surface area contributed by atoms with E-state index in [0.29, 0.717) is 10.6 Å². The summed E-state index contributed by atoms with van der Waals surface area (Å²) in [6.45, 7) is -0.875. The van der Waals surface area contributed by atoms with Gasteiger partial charge in [-0.1, -0.05) is 29.3 Å². The Morgan fingerprint density at radius 1 is 1.25 bits per heavy atom. The average Bonchev–Trinajstić information content (AvgIpc) is 2.49. The third-order valence-electron chi connectivity index (χ3n) is 2.98. The summed E-state index contributed by atoms with van der Waals surface area (Å²) in [5.41, 5.74) is 8.13. The van der Waals surface area contributed by atoms with Crippen LogP contribution in [0.5, 0.6) is 5.75 Å².